The summed E-state index contributed by atoms with van der Waals surface area (Å²) in [6, 6.07) is 0.540. The molecule has 6 unspecified atom stereocenters. The molecular weight excluding hydrogens is 192 g/mol. The molecule has 0 aromatic carbocycles. The number of piperidine rings is 2. The average molecular weight is 212 g/mol. The van der Waals surface area contributed by atoms with Gasteiger partial charge in [0, 0.05) is 37.0 Å². The van der Waals surface area contributed by atoms with Gasteiger partial charge in [0.05, 0.1) is 0 Å². The van der Waals surface area contributed by atoms with Crippen LogP contribution in [0.25, 0.3) is 0 Å². The molecule has 0 spiro atoms. The van der Waals surface area contributed by atoms with Crippen LogP contribution in [0.5, 0.6) is 0 Å². The predicted octanol–water partition coefficient (Wildman–Crippen LogP) is -1.46. The zero-order chi connectivity index (χ0) is 10.4. The molecule has 0 radical (unpaired) electrons. The van der Waals surface area contributed by atoms with Crippen LogP contribution in [0, 0.1) is 11.8 Å². The van der Waals surface area contributed by atoms with Crippen molar-refractivity contribution < 1.29 is 4.74 Å². The molecular formula is C10H20N4O. The first kappa shape index (κ1) is 9.99. The second kappa shape index (κ2) is 3.68. The van der Waals surface area contributed by atoms with Gasteiger partial charge in [0.25, 0.3) is 0 Å². The van der Waals surface area contributed by atoms with Gasteiger partial charge in [0.1, 0.15) is 12.5 Å². The molecule has 6 N–H and O–H groups in total. The lowest BCUT2D eigenvalue weighted by Gasteiger charge is -2.34. The minimum atomic E-state index is 0.192. The first-order valence-electron chi connectivity index (χ1n) is 5.87. The van der Waals surface area contributed by atoms with Crippen LogP contribution in [0.2, 0.25) is 0 Å². The Morgan fingerprint density at radius 1 is 0.867 bits per heavy atom. The molecule has 3 aliphatic rings. The maximum Gasteiger partial charge on any atom is 0.113 e. The lowest BCUT2D eigenvalue weighted by molar-refractivity contribution is -0.0209. The number of rotatable bonds is 0. The van der Waals surface area contributed by atoms with Gasteiger partial charge in [-0.1, -0.05) is 0 Å². The lowest BCUT2D eigenvalue weighted by Crippen LogP contribution is -2.52. The Hall–Kier alpha value is -0.200. The van der Waals surface area contributed by atoms with Crippen LogP contribution >= 0.6 is 0 Å². The van der Waals surface area contributed by atoms with Crippen LogP contribution in [0.1, 0.15) is 12.8 Å². The summed E-state index contributed by atoms with van der Waals surface area (Å²) in [7, 11) is 0. The SMILES string of the molecule is NC1CNC2OC3NCC(N)CC3C2C1. The van der Waals surface area contributed by atoms with Crippen LogP contribution in [0.4, 0.5) is 0 Å². The van der Waals surface area contributed by atoms with Crippen LogP contribution in [0.15, 0.2) is 0 Å². The second-order valence-electron chi connectivity index (χ2n) is 5.11. The highest BCUT2D eigenvalue weighted by atomic mass is 16.5. The molecule has 15 heavy (non-hydrogen) atoms. The van der Waals surface area contributed by atoms with E-state index >= 15 is 0 Å². The summed E-state index contributed by atoms with van der Waals surface area (Å²) in [6.07, 6.45) is 2.51. The van der Waals surface area contributed by atoms with Gasteiger partial charge in [0.15, 0.2) is 0 Å². The summed E-state index contributed by atoms with van der Waals surface area (Å²) in [5, 5.41) is 6.75. The van der Waals surface area contributed by atoms with Crippen LogP contribution in [-0.4, -0.2) is 37.6 Å². The van der Waals surface area contributed by atoms with Gasteiger partial charge in [-0.2, -0.15) is 0 Å². The third-order valence-corrected chi connectivity index (χ3v) is 3.93. The van der Waals surface area contributed by atoms with Gasteiger partial charge in [-0.25, -0.2) is 0 Å². The zero-order valence-electron chi connectivity index (χ0n) is 8.86. The summed E-state index contributed by atoms with van der Waals surface area (Å²) in [5.41, 5.74) is 12.0. The Morgan fingerprint density at radius 3 is 1.80 bits per heavy atom. The molecule has 5 heteroatoms. The topological polar surface area (TPSA) is 85.3 Å². The minimum absolute atomic E-state index is 0.192. The van der Waals surface area contributed by atoms with Crippen molar-refractivity contribution in [3.63, 3.8) is 0 Å². The maximum atomic E-state index is 5.98. The number of ether oxygens (including phenoxy) is 1. The fourth-order valence-corrected chi connectivity index (χ4v) is 3.21. The molecule has 0 amide bonds. The molecule has 3 fully saturated rings. The monoisotopic (exact) mass is 212 g/mol. The molecule has 0 aromatic rings. The van der Waals surface area contributed by atoms with Crippen molar-refractivity contribution in [2.24, 2.45) is 23.3 Å². The highest BCUT2D eigenvalue weighted by Crippen LogP contribution is 2.39. The summed E-state index contributed by atoms with van der Waals surface area (Å²) >= 11 is 0. The van der Waals surface area contributed by atoms with E-state index in [0.717, 1.165) is 25.9 Å². The normalized spacial score (nSPS) is 54.8. The van der Waals surface area contributed by atoms with Crippen molar-refractivity contribution >= 4 is 0 Å². The fraction of sp³-hybridized carbons (Fsp3) is 1.00. The summed E-state index contributed by atoms with van der Waals surface area (Å²) < 4.78 is 5.93. The molecule has 6 atom stereocenters. The molecule has 3 saturated heterocycles. The largest absolute Gasteiger partial charge is 0.345 e. The summed E-state index contributed by atoms with van der Waals surface area (Å²) in [4.78, 5) is 0. The van der Waals surface area contributed by atoms with Crippen molar-refractivity contribution in [3.05, 3.63) is 0 Å². The van der Waals surface area contributed by atoms with Gasteiger partial charge < -0.3 is 16.2 Å². The highest BCUT2D eigenvalue weighted by molar-refractivity contribution is 4.97. The zero-order valence-corrected chi connectivity index (χ0v) is 8.86. The highest BCUT2D eigenvalue weighted by Gasteiger charge is 2.48. The van der Waals surface area contributed by atoms with Crippen molar-refractivity contribution in [1.82, 2.24) is 10.6 Å². The van der Waals surface area contributed by atoms with E-state index in [4.69, 9.17) is 16.2 Å². The molecule has 0 aromatic heterocycles. The molecule has 3 heterocycles. The van der Waals surface area contributed by atoms with E-state index in [1.807, 2.05) is 0 Å². The Labute approximate surface area is 89.9 Å². The Balaban J connectivity index is 1.75. The smallest absolute Gasteiger partial charge is 0.113 e. The standard InChI is InChI=1S/C10H20N4O/c11-5-1-7-8-2-6(12)4-14-10(8)15-9(7)13-3-5/h5-10,13-14H,1-4,11-12H2. The average Bonchev–Trinajstić information content (AvgIpc) is 2.56. The molecule has 0 saturated carbocycles. The van der Waals surface area contributed by atoms with E-state index in [2.05, 4.69) is 10.6 Å². The van der Waals surface area contributed by atoms with Gasteiger partial charge in [-0.3, -0.25) is 10.6 Å². The first-order chi connectivity index (χ1) is 7.24. The number of hydrogen-bond donors (Lipinski definition) is 4. The number of nitrogens with one attached hydrogen (secondary N) is 2. The van der Waals surface area contributed by atoms with E-state index in [1.165, 1.54) is 0 Å². The second-order valence-corrected chi connectivity index (χ2v) is 5.11. The van der Waals surface area contributed by atoms with Crippen LogP contribution in [-0.2, 0) is 4.74 Å². The van der Waals surface area contributed by atoms with Gasteiger partial charge in [-0.05, 0) is 12.8 Å². The summed E-state index contributed by atoms with van der Waals surface area (Å²) in [5.74, 6) is 1.08. The van der Waals surface area contributed by atoms with E-state index in [1.54, 1.807) is 0 Å². The Morgan fingerprint density at radius 2 is 1.33 bits per heavy atom. The third-order valence-electron chi connectivity index (χ3n) is 3.93. The Kier molecular flexibility index (Phi) is 2.45. The van der Waals surface area contributed by atoms with Gasteiger partial charge in [0.2, 0.25) is 0 Å². The number of fused-ring (bicyclic) bond motifs is 3. The molecule has 86 valence electrons. The minimum Gasteiger partial charge on any atom is -0.345 e. The molecule has 0 aliphatic carbocycles. The van der Waals surface area contributed by atoms with E-state index < -0.39 is 0 Å². The first-order valence-corrected chi connectivity index (χ1v) is 5.87. The predicted molar refractivity (Wildman–Crippen MR) is 56.8 cm³/mol. The number of hydrogen-bond acceptors (Lipinski definition) is 5. The van der Waals surface area contributed by atoms with Gasteiger partial charge in [-0.15, -0.1) is 0 Å². The van der Waals surface area contributed by atoms with E-state index in [9.17, 15) is 0 Å². The summed E-state index contributed by atoms with van der Waals surface area (Å²) in [6.45, 7) is 1.74. The van der Waals surface area contributed by atoms with Crippen molar-refractivity contribution in [2.45, 2.75) is 37.4 Å². The molecule has 5 nitrogen and oxygen atoms in total. The van der Waals surface area contributed by atoms with Crippen LogP contribution in [0.3, 0.4) is 0 Å². The third kappa shape index (κ3) is 1.68. The molecule has 3 rings (SSSR count). The van der Waals surface area contributed by atoms with E-state index in [0.29, 0.717) is 11.8 Å². The Bertz CT molecular complexity index is 226. The number of nitrogens with two attached hydrogens (primary N) is 2. The van der Waals surface area contributed by atoms with Crippen LogP contribution < -0.4 is 22.1 Å². The maximum absolute atomic E-state index is 5.98. The quantitative estimate of drug-likeness (QED) is 0.394. The van der Waals surface area contributed by atoms with Crippen molar-refractivity contribution in [3.8, 4) is 0 Å². The molecule has 0 bridgehead atoms. The van der Waals surface area contributed by atoms with E-state index in [-0.39, 0.29) is 24.5 Å². The van der Waals surface area contributed by atoms with Crippen molar-refractivity contribution in [1.29, 1.82) is 0 Å². The molecule has 3 aliphatic heterocycles. The fourth-order valence-electron chi connectivity index (χ4n) is 3.21. The van der Waals surface area contributed by atoms with Gasteiger partial charge >= 0.3 is 0 Å². The van der Waals surface area contributed by atoms with Crippen molar-refractivity contribution in [2.75, 3.05) is 13.1 Å². The lowest BCUT2D eigenvalue weighted by atomic mass is 9.79.